The van der Waals surface area contributed by atoms with Crippen LogP contribution in [-0.2, 0) is 14.8 Å². The van der Waals surface area contributed by atoms with Crippen molar-refractivity contribution in [2.45, 2.75) is 22.1 Å². The van der Waals surface area contributed by atoms with E-state index in [1.165, 1.54) is 17.9 Å². The van der Waals surface area contributed by atoms with E-state index in [0.29, 0.717) is 10.6 Å². The Kier molecular flexibility index (Phi) is 6.81. The summed E-state index contributed by atoms with van der Waals surface area (Å²) in [7, 11) is -0.478. The van der Waals surface area contributed by atoms with E-state index < -0.39 is 22.0 Å². The molecule has 1 aromatic carbocycles. The molecule has 1 aromatic heterocycles. The molecule has 2 N–H and O–H groups in total. The zero-order chi connectivity index (χ0) is 19.3. The van der Waals surface area contributed by atoms with Gasteiger partial charge in [0.15, 0.2) is 0 Å². The largest absolute Gasteiger partial charge is 0.339 e. The van der Waals surface area contributed by atoms with Gasteiger partial charge in [-0.25, -0.2) is 8.42 Å². The van der Waals surface area contributed by atoms with Gasteiger partial charge >= 0.3 is 0 Å². The molecule has 1 heterocycles. The molecule has 1 unspecified atom stereocenters. The molecule has 0 bridgehead atoms. The zero-order valence-corrected chi connectivity index (χ0v) is 16.9. The van der Waals surface area contributed by atoms with Crippen molar-refractivity contribution >= 4 is 50.0 Å². The molecule has 140 valence electrons. The number of rotatable bonds is 6. The van der Waals surface area contributed by atoms with Crippen molar-refractivity contribution in [1.82, 2.24) is 9.62 Å². The Labute approximate surface area is 160 Å². The van der Waals surface area contributed by atoms with E-state index in [4.69, 9.17) is 0 Å². The number of thioether (sulfide) groups is 1. The molecule has 2 aromatic rings. The standard InChI is InChI=1S/C16H19N3O4S3/c1-11(18-26(22,23)14-9-6-10-24-14)15(20)17-12-7-4-5-8-13(12)25-16(21)19(2)3/h4-11,18H,1-3H3,(H,17,20). The molecule has 0 fully saturated rings. The van der Waals surface area contributed by atoms with E-state index in [1.807, 2.05) is 0 Å². The van der Waals surface area contributed by atoms with Crippen LogP contribution in [0.15, 0.2) is 50.9 Å². The van der Waals surface area contributed by atoms with Crippen molar-refractivity contribution < 1.29 is 18.0 Å². The quantitative estimate of drug-likeness (QED) is 0.710. The van der Waals surface area contributed by atoms with Crippen LogP contribution in [0.3, 0.4) is 0 Å². The fourth-order valence-corrected chi connectivity index (χ4v) is 4.80. The van der Waals surface area contributed by atoms with Gasteiger partial charge < -0.3 is 10.2 Å². The summed E-state index contributed by atoms with van der Waals surface area (Å²) in [4.78, 5) is 26.3. The molecule has 0 spiro atoms. The number of nitrogens with zero attached hydrogens (tertiary/aromatic N) is 1. The van der Waals surface area contributed by atoms with Crippen LogP contribution >= 0.6 is 23.1 Å². The summed E-state index contributed by atoms with van der Waals surface area (Å²) in [6.07, 6.45) is 0. The minimum absolute atomic E-state index is 0.143. The highest BCUT2D eigenvalue weighted by atomic mass is 32.2. The van der Waals surface area contributed by atoms with Crippen LogP contribution in [0.1, 0.15) is 6.92 Å². The van der Waals surface area contributed by atoms with Crippen LogP contribution in [0, 0.1) is 0 Å². The van der Waals surface area contributed by atoms with Crippen LogP contribution in [0.5, 0.6) is 0 Å². The number of carbonyl (C=O) groups excluding carboxylic acids is 2. The molecule has 0 radical (unpaired) electrons. The molecule has 7 nitrogen and oxygen atoms in total. The summed E-state index contributed by atoms with van der Waals surface area (Å²) < 4.78 is 26.9. The van der Waals surface area contributed by atoms with Gasteiger partial charge in [0.1, 0.15) is 4.21 Å². The number of sulfonamides is 1. The number of thiophene rings is 1. The third kappa shape index (κ3) is 5.31. The van der Waals surface area contributed by atoms with Crippen molar-refractivity contribution in [2.24, 2.45) is 0 Å². The lowest BCUT2D eigenvalue weighted by Gasteiger charge is -2.16. The van der Waals surface area contributed by atoms with E-state index >= 15 is 0 Å². The van der Waals surface area contributed by atoms with E-state index in [-0.39, 0.29) is 9.45 Å². The molecule has 2 amide bonds. The zero-order valence-electron chi connectivity index (χ0n) is 14.4. The van der Waals surface area contributed by atoms with Crippen molar-refractivity contribution in [3.8, 4) is 0 Å². The predicted molar refractivity (Wildman–Crippen MR) is 104 cm³/mol. The Morgan fingerprint density at radius 2 is 1.85 bits per heavy atom. The Morgan fingerprint density at radius 1 is 1.15 bits per heavy atom. The maximum Gasteiger partial charge on any atom is 0.286 e. The number of hydrogen-bond donors (Lipinski definition) is 2. The van der Waals surface area contributed by atoms with Gasteiger partial charge in [-0.05, 0) is 42.3 Å². The van der Waals surface area contributed by atoms with E-state index in [2.05, 4.69) is 10.0 Å². The summed E-state index contributed by atoms with van der Waals surface area (Å²) >= 11 is 2.05. The first-order chi connectivity index (χ1) is 12.2. The van der Waals surface area contributed by atoms with Gasteiger partial charge in [-0.2, -0.15) is 4.72 Å². The fourth-order valence-electron chi connectivity index (χ4n) is 1.85. The molecule has 0 saturated carbocycles. The SMILES string of the molecule is CC(NS(=O)(=O)c1cccs1)C(=O)Nc1ccccc1SC(=O)N(C)C. The number of carbonyl (C=O) groups is 2. The molecular formula is C16H19N3O4S3. The van der Waals surface area contributed by atoms with Gasteiger partial charge in [-0.1, -0.05) is 18.2 Å². The lowest BCUT2D eigenvalue weighted by Crippen LogP contribution is -2.41. The van der Waals surface area contributed by atoms with E-state index in [9.17, 15) is 18.0 Å². The average Bonchev–Trinajstić information content (AvgIpc) is 3.11. The number of nitrogens with one attached hydrogen (secondary N) is 2. The molecule has 0 saturated heterocycles. The minimum atomic E-state index is -3.75. The molecular weight excluding hydrogens is 394 g/mol. The summed E-state index contributed by atoms with van der Waals surface area (Å²) in [5.74, 6) is -0.518. The molecule has 26 heavy (non-hydrogen) atoms. The minimum Gasteiger partial charge on any atom is -0.339 e. The first-order valence-corrected chi connectivity index (χ1v) is 10.7. The predicted octanol–water partition coefficient (Wildman–Crippen LogP) is 2.83. The van der Waals surface area contributed by atoms with Gasteiger partial charge in [0.05, 0.1) is 11.7 Å². The second kappa shape index (κ2) is 8.67. The van der Waals surface area contributed by atoms with Gasteiger partial charge in [-0.3, -0.25) is 9.59 Å². The third-order valence-corrected chi connectivity index (χ3v) is 7.25. The fraction of sp³-hybridized carbons (Fsp3) is 0.250. The highest BCUT2D eigenvalue weighted by Crippen LogP contribution is 2.28. The lowest BCUT2D eigenvalue weighted by molar-refractivity contribution is -0.117. The smallest absolute Gasteiger partial charge is 0.286 e. The van der Waals surface area contributed by atoms with Crippen molar-refractivity contribution in [3.05, 3.63) is 41.8 Å². The summed E-state index contributed by atoms with van der Waals surface area (Å²) in [5.41, 5.74) is 0.444. The summed E-state index contributed by atoms with van der Waals surface area (Å²) in [6.45, 7) is 1.46. The van der Waals surface area contributed by atoms with Crippen molar-refractivity contribution in [3.63, 3.8) is 0 Å². The normalized spacial score (nSPS) is 12.4. The highest BCUT2D eigenvalue weighted by molar-refractivity contribution is 8.13. The Morgan fingerprint density at radius 3 is 2.46 bits per heavy atom. The monoisotopic (exact) mass is 413 g/mol. The summed E-state index contributed by atoms with van der Waals surface area (Å²) in [5, 5.41) is 4.13. The maximum atomic E-state index is 12.4. The van der Waals surface area contributed by atoms with Crippen LogP contribution in [0.25, 0.3) is 0 Å². The van der Waals surface area contributed by atoms with E-state index in [1.54, 1.807) is 49.8 Å². The number of benzene rings is 1. The van der Waals surface area contributed by atoms with Crippen molar-refractivity contribution in [1.29, 1.82) is 0 Å². The molecule has 2 rings (SSSR count). The first-order valence-electron chi connectivity index (χ1n) is 7.55. The molecule has 1 atom stereocenters. The molecule has 10 heteroatoms. The second-order valence-corrected chi connectivity index (χ2v) is 9.40. The topological polar surface area (TPSA) is 95.6 Å². The summed E-state index contributed by atoms with van der Waals surface area (Å²) in [6, 6.07) is 8.95. The van der Waals surface area contributed by atoms with Crippen LogP contribution < -0.4 is 10.0 Å². The second-order valence-electron chi connectivity index (χ2n) is 5.52. The lowest BCUT2D eigenvalue weighted by atomic mass is 10.3. The number of hydrogen-bond acceptors (Lipinski definition) is 6. The molecule has 0 aliphatic rings. The average molecular weight is 414 g/mol. The number of amides is 2. The van der Waals surface area contributed by atoms with Gasteiger partial charge in [0.2, 0.25) is 5.91 Å². The van der Waals surface area contributed by atoms with Crippen LogP contribution in [0.4, 0.5) is 10.5 Å². The van der Waals surface area contributed by atoms with Gasteiger partial charge in [0, 0.05) is 19.0 Å². The highest BCUT2D eigenvalue weighted by Gasteiger charge is 2.23. The van der Waals surface area contributed by atoms with Crippen LogP contribution in [-0.4, -0.2) is 44.6 Å². The number of anilines is 1. The Bertz CT molecular complexity index is 880. The molecule has 0 aliphatic heterocycles. The Balaban J connectivity index is 2.09. The van der Waals surface area contributed by atoms with Gasteiger partial charge in [-0.15, -0.1) is 11.3 Å². The maximum absolute atomic E-state index is 12.4. The number of para-hydroxylation sites is 1. The van der Waals surface area contributed by atoms with Gasteiger partial charge in [0.25, 0.3) is 15.3 Å². The van der Waals surface area contributed by atoms with Crippen LogP contribution in [0.2, 0.25) is 0 Å². The Hall–Kier alpha value is -1.88. The third-order valence-electron chi connectivity index (χ3n) is 3.19. The first kappa shape index (κ1) is 20.4. The van der Waals surface area contributed by atoms with E-state index in [0.717, 1.165) is 23.1 Å². The molecule has 0 aliphatic carbocycles. The van der Waals surface area contributed by atoms with Crippen molar-refractivity contribution in [2.75, 3.05) is 19.4 Å².